The zero-order valence-electron chi connectivity index (χ0n) is 12.6. The Morgan fingerprint density at radius 3 is 2.91 bits per heavy atom. The van der Waals surface area contributed by atoms with Crippen LogP contribution >= 0.6 is 0 Å². The highest BCUT2D eigenvalue weighted by atomic mass is 16.2. The number of aryl methyl sites for hydroxylation is 2. The number of carbonyl (C=O) groups excluding carboxylic acids is 1. The number of amides is 1. The van der Waals surface area contributed by atoms with Gasteiger partial charge in [0.1, 0.15) is 5.69 Å². The number of para-hydroxylation sites is 1. The first-order chi connectivity index (χ1) is 10.8. The maximum Gasteiger partial charge on any atom is 0.269 e. The van der Waals surface area contributed by atoms with E-state index in [1.807, 2.05) is 36.0 Å². The molecule has 1 amide bonds. The second-order valence-electron chi connectivity index (χ2n) is 5.07. The van der Waals surface area contributed by atoms with E-state index in [-0.39, 0.29) is 5.91 Å². The number of carbonyl (C=O) groups is 1. The summed E-state index contributed by atoms with van der Waals surface area (Å²) in [4.78, 5) is 12.1. The van der Waals surface area contributed by atoms with Crippen molar-refractivity contribution in [1.82, 2.24) is 24.9 Å². The molecule has 0 atom stereocenters. The highest BCUT2D eigenvalue weighted by Crippen LogP contribution is 2.12. The van der Waals surface area contributed by atoms with Gasteiger partial charge in [0.25, 0.3) is 5.91 Å². The highest BCUT2D eigenvalue weighted by Gasteiger charge is 2.10. The molecular formula is C16H19N5O. The summed E-state index contributed by atoms with van der Waals surface area (Å²) in [6, 6.07) is 9.85. The fraction of sp³-hybridized carbons (Fsp3) is 0.312. The molecule has 0 saturated heterocycles. The van der Waals surface area contributed by atoms with Crippen LogP contribution in [0.1, 0.15) is 23.8 Å². The Morgan fingerprint density at radius 2 is 2.05 bits per heavy atom. The molecule has 3 aromatic rings. The molecule has 1 aromatic carbocycles. The van der Waals surface area contributed by atoms with E-state index in [0.717, 1.165) is 23.9 Å². The first-order valence-corrected chi connectivity index (χ1v) is 7.50. The molecule has 3 rings (SSSR count). The molecule has 0 aliphatic carbocycles. The van der Waals surface area contributed by atoms with Crippen LogP contribution < -0.4 is 5.32 Å². The largest absolute Gasteiger partial charge is 0.351 e. The first-order valence-electron chi connectivity index (χ1n) is 7.50. The van der Waals surface area contributed by atoms with E-state index in [4.69, 9.17) is 0 Å². The standard InChI is InChI=1S/C16H19N5O/c1-2-20-15(8-10-18-20)16(22)17-9-5-11-21-14-7-4-3-6-13(14)12-19-21/h3-4,6-8,10,12H,2,5,9,11H2,1H3,(H,17,22). The molecule has 0 saturated carbocycles. The van der Waals surface area contributed by atoms with Gasteiger partial charge in [0.15, 0.2) is 0 Å². The number of nitrogens with one attached hydrogen (secondary N) is 1. The lowest BCUT2D eigenvalue weighted by Crippen LogP contribution is -2.27. The first kappa shape index (κ1) is 14.3. The SMILES string of the molecule is CCn1nccc1C(=O)NCCCn1ncc2ccccc21. The van der Waals surface area contributed by atoms with Crippen molar-refractivity contribution in [3.8, 4) is 0 Å². The monoisotopic (exact) mass is 297 g/mol. The Kier molecular flexibility index (Phi) is 4.18. The van der Waals surface area contributed by atoms with E-state index in [0.29, 0.717) is 18.8 Å². The van der Waals surface area contributed by atoms with Crippen molar-refractivity contribution in [3.63, 3.8) is 0 Å². The van der Waals surface area contributed by atoms with E-state index < -0.39 is 0 Å². The molecule has 6 nitrogen and oxygen atoms in total. The van der Waals surface area contributed by atoms with Crippen molar-refractivity contribution in [2.24, 2.45) is 0 Å². The molecule has 0 aliphatic heterocycles. The Labute approximate surface area is 128 Å². The number of benzene rings is 1. The van der Waals surface area contributed by atoms with Gasteiger partial charge in [-0.05, 0) is 25.5 Å². The van der Waals surface area contributed by atoms with Crippen molar-refractivity contribution in [2.45, 2.75) is 26.4 Å². The van der Waals surface area contributed by atoms with Gasteiger partial charge in [-0.2, -0.15) is 10.2 Å². The average molecular weight is 297 g/mol. The van der Waals surface area contributed by atoms with Crippen LogP contribution in [0.15, 0.2) is 42.7 Å². The number of fused-ring (bicyclic) bond motifs is 1. The topological polar surface area (TPSA) is 64.7 Å². The van der Waals surface area contributed by atoms with E-state index in [1.54, 1.807) is 16.9 Å². The summed E-state index contributed by atoms with van der Waals surface area (Å²) in [5.74, 6) is -0.0790. The summed E-state index contributed by atoms with van der Waals surface area (Å²) >= 11 is 0. The van der Waals surface area contributed by atoms with Crippen molar-refractivity contribution >= 4 is 16.8 Å². The second-order valence-corrected chi connectivity index (χ2v) is 5.07. The maximum atomic E-state index is 12.1. The Bertz CT molecular complexity index is 774. The number of rotatable bonds is 6. The molecule has 1 N–H and O–H groups in total. The molecule has 0 fully saturated rings. The van der Waals surface area contributed by atoms with Crippen molar-refractivity contribution in [2.75, 3.05) is 6.54 Å². The molecule has 0 radical (unpaired) electrons. The van der Waals surface area contributed by atoms with Gasteiger partial charge in [-0.15, -0.1) is 0 Å². The van der Waals surface area contributed by atoms with Crippen LogP contribution in [0.2, 0.25) is 0 Å². The predicted molar refractivity (Wildman–Crippen MR) is 84.6 cm³/mol. The normalized spacial score (nSPS) is 11.0. The van der Waals surface area contributed by atoms with Crippen molar-refractivity contribution < 1.29 is 4.79 Å². The number of aromatic nitrogens is 4. The molecule has 0 bridgehead atoms. The van der Waals surface area contributed by atoms with Gasteiger partial charge in [0.2, 0.25) is 0 Å². The number of hydrogen-bond acceptors (Lipinski definition) is 3. The van der Waals surface area contributed by atoms with Crippen molar-refractivity contribution in [3.05, 3.63) is 48.4 Å². The van der Waals surface area contributed by atoms with Crippen LogP contribution in [-0.2, 0) is 13.1 Å². The third-order valence-corrected chi connectivity index (χ3v) is 3.63. The molecule has 2 aromatic heterocycles. The fourth-order valence-corrected chi connectivity index (χ4v) is 2.50. The highest BCUT2D eigenvalue weighted by molar-refractivity contribution is 5.92. The van der Waals surface area contributed by atoms with Crippen LogP contribution in [-0.4, -0.2) is 32.0 Å². The van der Waals surface area contributed by atoms with E-state index >= 15 is 0 Å². The lowest BCUT2D eigenvalue weighted by molar-refractivity contribution is 0.0942. The lowest BCUT2D eigenvalue weighted by atomic mass is 10.2. The Balaban J connectivity index is 1.52. The van der Waals surface area contributed by atoms with Gasteiger partial charge in [-0.3, -0.25) is 14.2 Å². The van der Waals surface area contributed by atoms with Gasteiger partial charge < -0.3 is 5.32 Å². The van der Waals surface area contributed by atoms with Crippen LogP contribution in [0.3, 0.4) is 0 Å². The van der Waals surface area contributed by atoms with E-state index in [9.17, 15) is 4.79 Å². The Hall–Kier alpha value is -2.63. The van der Waals surface area contributed by atoms with Crippen LogP contribution in [0.4, 0.5) is 0 Å². The minimum absolute atomic E-state index is 0.0790. The molecule has 0 aliphatic rings. The third-order valence-electron chi connectivity index (χ3n) is 3.63. The summed E-state index contributed by atoms with van der Waals surface area (Å²) in [5, 5.41) is 12.5. The fourth-order valence-electron chi connectivity index (χ4n) is 2.50. The third kappa shape index (κ3) is 2.86. The predicted octanol–water partition coefficient (Wildman–Crippen LogP) is 2.07. The molecule has 0 spiro atoms. The summed E-state index contributed by atoms with van der Waals surface area (Å²) in [6.45, 7) is 4.05. The van der Waals surface area contributed by atoms with E-state index in [2.05, 4.69) is 21.6 Å². The van der Waals surface area contributed by atoms with Gasteiger partial charge in [0.05, 0.1) is 11.7 Å². The Morgan fingerprint density at radius 1 is 1.18 bits per heavy atom. The smallest absolute Gasteiger partial charge is 0.269 e. The average Bonchev–Trinajstić information content (AvgIpc) is 3.18. The molecule has 114 valence electrons. The number of hydrogen-bond donors (Lipinski definition) is 1. The minimum atomic E-state index is -0.0790. The van der Waals surface area contributed by atoms with Gasteiger partial charge in [-0.1, -0.05) is 18.2 Å². The summed E-state index contributed by atoms with van der Waals surface area (Å²) in [6.07, 6.45) is 4.35. The molecule has 22 heavy (non-hydrogen) atoms. The zero-order valence-corrected chi connectivity index (χ0v) is 12.6. The molecule has 2 heterocycles. The van der Waals surface area contributed by atoms with Gasteiger partial charge >= 0.3 is 0 Å². The van der Waals surface area contributed by atoms with Gasteiger partial charge in [-0.25, -0.2) is 0 Å². The van der Waals surface area contributed by atoms with Crippen molar-refractivity contribution in [1.29, 1.82) is 0 Å². The molecule has 6 heteroatoms. The van der Waals surface area contributed by atoms with Crippen LogP contribution in [0, 0.1) is 0 Å². The number of nitrogens with zero attached hydrogens (tertiary/aromatic N) is 4. The lowest BCUT2D eigenvalue weighted by Gasteiger charge is -2.07. The molecule has 0 unspecified atom stereocenters. The minimum Gasteiger partial charge on any atom is -0.351 e. The van der Waals surface area contributed by atoms with Crippen LogP contribution in [0.25, 0.3) is 10.9 Å². The zero-order chi connectivity index (χ0) is 15.4. The van der Waals surface area contributed by atoms with Gasteiger partial charge in [0, 0.05) is 31.2 Å². The van der Waals surface area contributed by atoms with Crippen LogP contribution in [0.5, 0.6) is 0 Å². The van der Waals surface area contributed by atoms with E-state index in [1.165, 1.54) is 0 Å². The molecular weight excluding hydrogens is 278 g/mol. The second kappa shape index (κ2) is 6.43. The maximum absolute atomic E-state index is 12.1. The quantitative estimate of drug-likeness (QED) is 0.708. The summed E-state index contributed by atoms with van der Waals surface area (Å²) in [5.41, 5.74) is 1.73. The summed E-state index contributed by atoms with van der Waals surface area (Å²) < 4.78 is 3.66. The summed E-state index contributed by atoms with van der Waals surface area (Å²) in [7, 11) is 0.